The van der Waals surface area contributed by atoms with Gasteiger partial charge in [-0.3, -0.25) is 0 Å². The summed E-state index contributed by atoms with van der Waals surface area (Å²) in [4.78, 5) is 4.24. The second kappa shape index (κ2) is 4.47. The molecule has 0 spiro atoms. The van der Waals surface area contributed by atoms with Crippen LogP contribution in [0.3, 0.4) is 0 Å². The third-order valence-corrected chi connectivity index (χ3v) is 4.04. The molecule has 0 N–H and O–H groups in total. The highest BCUT2D eigenvalue weighted by Crippen LogP contribution is 2.37. The molecule has 3 rings (SSSR count). The Bertz CT molecular complexity index is 644. The van der Waals surface area contributed by atoms with Gasteiger partial charge in [0.25, 0.3) is 0 Å². The van der Waals surface area contributed by atoms with Crippen LogP contribution in [-0.2, 0) is 9.31 Å². The van der Waals surface area contributed by atoms with Gasteiger partial charge in [0.05, 0.1) is 17.5 Å². The first-order valence-electron chi connectivity index (χ1n) is 6.74. The van der Waals surface area contributed by atoms with E-state index in [4.69, 9.17) is 13.7 Å². The maximum atomic E-state index is 5.91. The van der Waals surface area contributed by atoms with Crippen LogP contribution in [0.25, 0.3) is 17.2 Å². The summed E-state index contributed by atoms with van der Waals surface area (Å²) < 4.78 is 17.0. The minimum atomic E-state index is -0.333. The van der Waals surface area contributed by atoms with E-state index in [1.54, 1.807) is 12.5 Å². The highest BCUT2D eigenvalue weighted by molar-refractivity contribution is 6.52. The molecular formula is C15H18BNO3. The van der Waals surface area contributed by atoms with Crippen LogP contribution in [0, 0.1) is 0 Å². The zero-order chi connectivity index (χ0) is 14.4. The van der Waals surface area contributed by atoms with Crippen molar-refractivity contribution < 1.29 is 13.7 Å². The molecule has 0 bridgehead atoms. The Labute approximate surface area is 118 Å². The molecule has 1 fully saturated rings. The van der Waals surface area contributed by atoms with E-state index >= 15 is 0 Å². The third kappa shape index (κ3) is 2.27. The molecule has 2 aromatic rings. The van der Waals surface area contributed by atoms with Crippen LogP contribution in [0.1, 0.15) is 33.3 Å². The fourth-order valence-electron chi connectivity index (χ4n) is 2.12. The predicted octanol–water partition coefficient (Wildman–Crippen LogP) is 3.47. The Morgan fingerprint density at radius 3 is 2.55 bits per heavy atom. The number of hydrogen-bond acceptors (Lipinski definition) is 4. The van der Waals surface area contributed by atoms with Gasteiger partial charge >= 0.3 is 7.12 Å². The van der Waals surface area contributed by atoms with Crippen LogP contribution in [0.15, 0.2) is 35.0 Å². The van der Waals surface area contributed by atoms with Crippen molar-refractivity contribution >= 4 is 24.3 Å². The van der Waals surface area contributed by atoms with E-state index in [0.29, 0.717) is 5.71 Å². The summed E-state index contributed by atoms with van der Waals surface area (Å²) >= 11 is 0. The average Bonchev–Trinajstić information content (AvgIpc) is 2.89. The number of nitrogens with zero attached hydrogens (tertiary/aromatic N) is 1. The molecule has 2 aromatic heterocycles. The van der Waals surface area contributed by atoms with Gasteiger partial charge in [-0.15, -0.1) is 0 Å². The van der Waals surface area contributed by atoms with E-state index in [0.717, 1.165) is 10.9 Å². The maximum Gasteiger partial charge on any atom is 0.487 e. The number of furan rings is 1. The molecule has 1 aliphatic rings. The highest BCUT2D eigenvalue weighted by Gasteiger charge is 2.49. The number of aromatic nitrogens is 1. The lowest BCUT2D eigenvalue weighted by molar-refractivity contribution is 0.00578. The Morgan fingerprint density at radius 2 is 1.85 bits per heavy atom. The molecule has 20 heavy (non-hydrogen) atoms. The summed E-state index contributed by atoms with van der Waals surface area (Å²) in [6.45, 7) is 8.17. The Morgan fingerprint density at radius 1 is 1.15 bits per heavy atom. The van der Waals surface area contributed by atoms with Crippen molar-refractivity contribution in [2.45, 2.75) is 38.9 Å². The molecular weight excluding hydrogens is 253 g/mol. The van der Waals surface area contributed by atoms with Crippen LogP contribution < -0.4 is 0 Å². The first-order chi connectivity index (χ1) is 9.37. The lowest BCUT2D eigenvalue weighted by Gasteiger charge is -2.32. The molecule has 1 aliphatic heterocycles. The van der Waals surface area contributed by atoms with E-state index in [2.05, 4.69) is 4.98 Å². The lowest BCUT2D eigenvalue weighted by atomic mass is 9.89. The summed E-state index contributed by atoms with van der Waals surface area (Å²) in [7, 11) is -0.333. The third-order valence-electron chi connectivity index (χ3n) is 4.04. The fourth-order valence-corrected chi connectivity index (χ4v) is 2.12. The normalized spacial score (nSPS) is 21.1. The summed E-state index contributed by atoms with van der Waals surface area (Å²) in [5.41, 5.74) is 1.02. The number of hydrogen-bond donors (Lipinski definition) is 0. The van der Waals surface area contributed by atoms with E-state index in [9.17, 15) is 0 Å². The molecule has 0 amide bonds. The van der Waals surface area contributed by atoms with Crippen molar-refractivity contribution in [1.29, 1.82) is 0 Å². The molecule has 5 heteroatoms. The summed E-state index contributed by atoms with van der Waals surface area (Å²) in [6.07, 6.45) is 5.37. The van der Waals surface area contributed by atoms with E-state index in [-0.39, 0.29) is 18.3 Å². The van der Waals surface area contributed by atoms with Gasteiger partial charge in [0, 0.05) is 11.6 Å². The molecule has 0 saturated carbocycles. The summed E-state index contributed by atoms with van der Waals surface area (Å²) in [5, 5.41) is 0.987. The molecule has 4 nitrogen and oxygen atoms in total. The predicted molar refractivity (Wildman–Crippen MR) is 79.1 cm³/mol. The second-order valence-electron chi connectivity index (χ2n) is 6.07. The van der Waals surface area contributed by atoms with Crippen LogP contribution in [0.2, 0.25) is 0 Å². The van der Waals surface area contributed by atoms with Gasteiger partial charge < -0.3 is 13.7 Å². The van der Waals surface area contributed by atoms with Gasteiger partial charge in [-0.05, 0) is 45.4 Å². The SMILES string of the molecule is CC1(C)OB(/C=C/c2cnc3occc3c2)OC1(C)C. The highest BCUT2D eigenvalue weighted by atomic mass is 16.7. The molecule has 0 aromatic carbocycles. The number of fused-ring (bicyclic) bond motifs is 1. The molecule has 0 radical (unpaired) electrons. The maximum absolute atomic E-state index is 5.91. The van der Waals surface area contributed by atoms with Crippen molar-refractivity contribution in [3.8, 4) is 0 Å². The van der Waals surface area contributed by atoms with E-state index in [1.807, 2.05) is 51.9 Å². The standard InChI is InChI=1S/C15H18BNO3/c1-14(2)15(3,4)20-16(19-14)7-5-11-9-12-6-8-18-13(12)17-10-11/h5-10H,1-4H3/b7-5+. The van der Waals surface area contributed by atoms with Crippen molar-refractivity contribution in [2.24, 2.45) is 0 Å². The molecule has 1 saturated heterocycles. The number of rotatable bonds is 2. The first-order valence-corrected chi connectivity index (χ1v) is 6.74. The minimum Gasteiger partial charge on any atom is -0.446 e. The van der Waals surface area contributed by atoms with E-state index in [1.165, 1.54) is 0 Å². The number of pyridine rings is 1. The largest absolute Gasteiger partial charge is 0.487 e. The summed E-state index contributed by atoms with van der Waals surface area (Å²) in [5.74, 6) is 1.92. The van der Waals surface area contributed by atoms with Crippen LogP contribution in [0.4, 0.5) is 0 Å². The average molecular weight is 271 g/mol. The van der Waals surface area contributed by atoms with E-state index < -0.39 is 0 Å². The quantitative estimate of drug-likeness (QED) is 0.784. The Balaban J connectivity index is 1.78. The van der Waals surface area contributed by atoms with Crippen molar-refractivity contribution in [3.05, 3.63) is 36.1 Å². The molecule has 104 valence electrons. The van der Waals surface area contributed by atoms with Gasteiger partial charge in [-0.25, -0.2) is 4.98 Å². The molecule has 0 aliphatic carbocycles. The zero-order valence-corrected chi connectivity index (χ0v) is 12.2. The van der Waals surface area contributed by atoms with Gasteiger partial charge in [-0.2, -0.15) is 0 Å². The van der Waals surface area contributed by atoms with Crippen LogP contribution >= 0.6 is 0 Å². The van der Waals surface area contributed by atoms with Crippen molar-refractivity contribution in [2.75, 3.05) is 0 Å². The van der Waals surface area contributed by atoms with Gasteiger partial charge in [0.15, 0.2) is 0 Å². The minimum absolute atomic E-state index is 0.311. The zero-order valence-electron chi connectivity index (χ0n) is 12.2. The van der Waals surface area contributed by atoms with Gasteiger partial charge in [-0.1, -0.05) is 12.1 Å². The Kier molecular flexibility index (Phi) is 2.99. The van der Waals surface area contributed by atoms with Crippen LogP contribution in [-0.4, -0.2) is 23.3 Å². The van der Waals surface area contributed by atoms with Crippen molar-refractivity contribution in [3.63, 3.8) is 0 Å². The molecule has 3 heterocycles. The molecule has 0 atom stereocenters. The van der Waals surface area contributed by atoms with Crippen LogP contribution in [0.5, 0.6) is 0 Å². The fraction of sp³-hybridized carbons (Fsp3) is 0.400. The summed E-state index contributed by atoms with van der Waals surface area (Å²) in [6, 6.07) is 3.92. The van der Waals surface area contributed by atoms with Gasteiger partial charge in [0.2, 0.25) is 5.71 Å². The second-order valence-corrected chi connectivity index (χ2v) is 6.07. The first kappa shape index (κ1) is 13.4. The van der Waals surface area contributed by atoms with Gasteiger partial charge in [0.1, 0.15) is 0 Å². The smallest absolute Gasteiger partial charge is 0.446 e. The topological polar surface area (TPSA) is 44.5 Å². The Hall–Kier alpha value is -1.59. The monoisotopic (exact) mass is 271 g/mol. The molecule has 0 unspecified atom stereocenters. The van der Waals surface area contributed by atoms with Crippen molar-refractivity contribution in [1.82, 2.24) is 4.98 Å². The lowest BCUT2D eigenvalue weighted by Crippen LogP contribution is -2.41.